The van der Waals surface area contributed by atoms with Crippen molar-refractivity contribution in [2.75, 3.05) is 0 Å². The molecule has 0 spiro atoms. The zero-order valence-corrected chi connectivity index (χ0v) is 15.9. The van der Waals surface area contributed by atoms with Crippen molar-refractivity contribution in [1.29, 1.82) is 0 Å². The van der Waals surface area contributed by atoms with Crippen molar-refractivity contribution in [3.8, 4) is 11.5 Å². The molecular formula is C25H17NO4. The lowest BCUT2D eigenvalue weighted by molar-refractivity contribution is -0.135. The molecule has 0 fully saturated rings. The van der Waals surface area contributed by atoms with Crippen LogP contribution in [0.15, 0.2) is 79.0 Å². The number of aromatic nitrogens is 1. The fourth-order valence-electron chi connectivity index (χ4n) is 4.06. The molecule has 1 aromatic heterocycles. The summed E-state index contributed by atoms with van der Waals surface area (Å²) >= 11 is 0. The standard InChI is InChI=1S/C25H17NO4/c27-22-14-19(16-12-13-26-20-9-5-4-8-17(16)20)23-21(30-22)11-10-18(25(23)29)24(28)15-6-2-1-3-7-15/h1-13,19,29H,14H2. The first-order valence-electron chi connectivity index (χ1n) is 9.63. The van der Waals surface area contributed by atoms with Crippen molar-refractivity contribution in [1.82, 2.24) is 4.98 Å². The molecule has 0 saturated carbocycles. The lowest BCUT2D eigenvalue weighted by atomic mass is 9.82. The molecular weight excluding hydrogens is 378 g/mol. The number of esters is 1. The van der Waals surface area contributed by atoms with E-state index in [9.17, 15) is 14.7 Å². The molecule has 146 valence electrons. The summed E-state index contributed by atoms with van der Waals surface area (Å²) in [5.74, 6) is -0.988. The van der Waals surface area contributed by atoms with Crippen LogP contribution < -0.4 is 4.74 Å². The molecule has 5 nitrogen and oxygen atoms in total. The highest BCUT2D eigenvalue weighted by Crippen LogP contribution is 2.46. The van der Waals surface area contributed by atoms with Crippen molar-refractivity contribution < 1.29 is 19.4 Å². The first kappa shape index (κ1) is 18.1. The van der Waals surface area contributed by atoms with Gasteiger partial charge in [-0.1, -0.05) is 48.5 Å². The number of ketones is 1. The predicted octanol–water partition coefficient (Wildman–Crippen LogP) is 4.61. The Kier molecular flexibility index (Phi) is 4.29. The second-order valence-electron chi connectivity index (χ2n) is 7.22. The Labute approximate surface area is 172 Å². The highest BCUT2D eigenvalue weighted by Gasteiger charge is 2.34. The zero-order chi connectivity index (χ0) is 20.7. The Morgan fingerprint density at radius 3 is 2.57 bits per heavy atom. The van der Waals surface area contributed by atoms with Gasteiger partial charge in [-0.15, -0.1) is 0 Å². The molecule has 1 N–H and O–H groups in total. The molecule has 4 aromatic rings. The van der Waals surface area contributed by atoms with Gasteiger partial charge in [-0.2, -0.15) is 0 Å². The van der Waals surface area contributed by atoms with Crippen molar-refractivity contribution in [3.05, 3.63) is 101 Å². The number of rotatable bonds is 3. The Morgan fingerprint density at radius 1 is 0.967 bits per heavy atom. The van der Waals surface area contributed by atoms with Gasteiger partial charge in [0.1, 0.15) is 11.5 Å². The second-order valence-corrected chi connectivity index (χ2v) is 7.22. The summed E-state index contributed by atoms with van der Waals surface area (Å²) < 4.78 is 5.39. The van der Waals surface area contributed by atoms with E-state index in [0.29, 0.717) is 11.1 Å². The van der Waals surface area contributed by atoms with Gasteiger partial charge < -0.3 is 9.84 Å². The van der Waals surface area contributed by atoms with Crippen LogP contribution in [0.4, 0.5) is 0 Å². The van der Waals surface area contributed by atoms with Gasteiger partial charge in [0.15, 0.2) is 5.78 Å². The molecule has 5 heteroatoms. The molecule has 5 rings (SSSR count). The van der Waals surface area contributed by atoms with Crippen molar-refractivity contribution in [3.63, 3.8) is 0 Å². The summed E-state index contributed by atoms with van der Waals surface area (Å²) in [6.45, 7) is 0. The smallest absolute Gasteiger partial charge is 0.312 e. The number of hydrogen-bond donors (Lipinski definition) is 1. The fraction of sp³-hybridized carbons (Fsp3) is 0.0800. The lowest BCUT2D eigenvalue weighted by Crippen LogP contribution is -2.22. The van der Waals surface area contributed by atoms with Crippen LogP contribution >= 0.6 is 0 Å². The zero-order valence-electron chi connectivity index (χ0n) is 15.9. The highest BCUT2D eigenvalue weighted by atomic mass is 16.5. The van der Waals surface area contributed by atoms with E-state index in [2.05, 4.69) is 4.98 Å². The summed E-state index contributed by atoms with van der Waals surface area (Å²) in [7, 11) is 0. The van der Waals surface area contributed by atoms with E-state index in [1.54, 1.807) is 36.5 Å². The maximum absolute atomic E-state index is 13.0. The molecule has 1 unspecified atom stereocenters. The van der Waals surface area contributed by atoms with Gasteiger partial charge in [-0.3, -0.25) is 14.6 Å². The summed E-state index contributed by atoms with van der Waals surface area (Å²) in [4.78, 5) is 29.7. The van der Waals surface area contributed by atoms with E-state index in [1.807, 2.05) is 36.4 Å². The first-order chi connectivity index (χ1) is 14.6. The van der Waals surface area contributed by atoms with Gasteiger partial charge in [0, 0.05) is 28.6 Å². The van der Waals surface area contributed by atoms with E-state index in [-0.39, 0.29) is 35.2 Å². The number of para-hydroxylation sites is 1. The van der Waals surface area contributed by atoms with Crippen LogP contribution in [0.1, 0.15) is 39.4 Å². The van der Waals surface area contributed by atoms with Crippen LogP contribution in [-0.2, 0) is 4.79 Å². The predicted molar refractivity (Wildman–Crippen MR) is 112 cm³/mol. The number of hydrogen-bond acceptors (Lipinski definition) is 5. The van der Waals surface area contributed by atoms with Crippen molar-refractivity contribution in [2.24, 2.45) is 0 Å². The largest absolute Gasteiger partial charge is 0.507 e. The molecule has 1 aliphatic heterocycles. The number of benzene rings is 3. The number of fused-ring (bicyclic) bond motifs is 2. The molecule has 0 bridgehead atoms. The molecule has 3 aromatic carbocycles. The number of nitrogens with zero attached hydrogens (tertiary/aromatic N) is 1. The van der Waals surface area contributed by atoms with Crippen LogP contribution in [-0.4, -0.2) is 21.8 Å². The van der Waals surface area contributed by atoms with Gasteiger partial charge in [0.05, 0.1) is 17.5 Å². The minimum Gasteiger partial charge on any atom is -0.507 e. The molecule has 0 radical (unpaired) electrons. The van der Waals surface area contributed by atoms with Gasteiger partial charge >= 0.3 is 5.97 Å². The minimum atomic E-state index is -0.447. The normalized spacial score (nSPS) is 15.5. The van der Waals surface area contributed by atoms with Crippen LogP contribution in [0.2, 0.25) is 0 Å². The number of phenolic OH excluding ortho intramolecular Hbond substituents is 1. The third kappa shape index (κ3) is 2.92. The van der Waals surface area contributed by atoms with Crippen molar-refractivity contribution >= 4 is 22.7 Å². The Morgan fingerprint density at radius 2 is 1.73 bits per heavy atom. The van der Waals surface area contributed by atoms with E-state index < -0.39 is 5.92 Å². The van der Waals surface area contributed by atoms with E-state index in [4.69, 9.17) is 4.74 Å². The molecule has 1 aliphatic rings. The monoisotopic (exact) mass is 395 g/mol. The maximum Gasteiger partial charge on any atom is 0.312 e. The third-order valence-corrected chi connectivity index (χ3v) is 5.46. The maximum atomic E-state index is 13.0. The molecule has 0 saturated heterocycles. The number of ether oxygens (including phenoxy) is 1. The average molecular weight is 395 g/mol. The molecule has 30 heavy (non-hydrogen) atoms. The quantitative estimate of drug-likeness (QED) is 0.311. The van der Waals surface area contributed by atoms with Crippen LogP contribution in [0.3, 0.4) is 0 Å². The van der Waals surface area contributed by atoms with E-state index >= 15 is 0 Å². The summed E-state index contributed by atoms with van der Waals surface area (Å²) in [5, 5.41) is 12.0. The first-order valence-corrected chi connectivity index (χ1v) is 9.63. The van der Waals surface area contributed by atoms with E-state index in [0.717, 1.165) is 16.5 Å². The number of carbonyl (C=O) groups is 2. The van der Waals surface area contributed by atoms with Gasteiger partial charge in [0.25, 0.3) is 0 Å². The minimum absolute atomic E-state index is 0.0670. The molecule has 0 aliphatic carbocycles. The van der Waals surface area contributed by atoms with Gasteiger partial charge in [0.2, 0.25) is 0 Å². The summed E-state index contributed by atoms with van der Waals surface area (Å²) in [5.41, 5.74) is 2.77. The number of phenols is 1. The van der Waals surface area contributed by atoms with Gasteiger partial charge in [-0.05, 0) is 29.8 Å². The van der Waals surface area contributed by atoms with Crippen molar-refractivity contribution in [2.45, 2.75) is 12.3 Å². The third-order valence-electron chi connectivity index (χ3n) is 5.46. The van der Waals surface area contributed by atoms with Gasteiger partial charge in [-0.25, -0.2) is 0 Å². The molecule has 0 amide bonds. The summed E-state index contributed by atoms with van der Waals surface area (Å²) in [6, 6.07) is 21.4. The Bertz CT molecular complexity index is 1290. The second kappa shape index (κ2) is 7.12. The summed E-state index contributed by atoms with van der Waals surface area (Å²) in [6.07, 6.45) is 1.75. The van der Waals surface area contributed by atoms with Crippen LogP contribution in [0.5, 0.6) is 11.5 Å². The van der Waals surface area contributed by atoms with Crippen LogP contribution in [0, 0.1) is 0 Å². The topological polar surface area (TPSA) is 76.5 Å². The fourth-order valence-corrected chi connectivity index (χ4v) is 4.06. The number of carbonyl (C=O) groups excluding carboxylic acids is 2. The Balaban J connectivity index is 1.70. The average Bonchev–Trinajstić information content (AvgIpc) is 2.78. The molecule has 2 heterocycles. The number of pyridine rings is 1. The Hall–Kier alpha value is -3.99. The lowest BCUT2D eigenvalue weighted by Gasteiger charge is -2.27. The van der Waals surface area contributed by atoms with Crippen LogP contribution in [0.25, 0.3) is 10.9 Å². The molecule has 1 atom stereocenters. The van der Waals surface area contributed by atoms with E-state index in [1.165, 1.54) is 6.07 Å². The SMILES string of the molecule is O=C1CC(c2ccnc3ccccc23)c2c(ccc(C(=O)c3ccccc3)c2O)O1. The number of aromatic hydroxyl groups is 1. The highest BCUT2D eigenvalue weighted by molar-refractivity contribution is 6.11.